The minimum absolute atomic E-state index is 0.0280. The van der Waals surface area contributed by atoms with Crippen LogP contribution in [0.25, 0.3) is 0 Å². The maximum atomic E-state index is 12.0. The van der Waals surface area contributed by atoms with Gasteiger partial charge in [-0.05, 0) is 18.9 Å². The molecule has 1 aliphatic rings. The summed E-state index contributed by atoms with van der Waals surface area (Å²) >= 11 is 0. The molecule has 1 aliphatic carbocycles. The molecule has 1 saturated carbocycles. The lowest BCUT2D eigenvalue weighted by Crippen LogP contribution is -2.46. The molecule has 0 saturated heterocycles. The first-order valence-electron chi connectivity index (χ1n) is 6.10. The van der Waals surface area contributed by atoms with E-state index in [4.69, 9.17) is 0 Å². The summed E-state index contributed by atoms with van der Waals surface area (Å²) in [5.41, 5.74) is 0.812. The molecule has 5 nitrogen and oxygen atoms in total. The number of aliphatic hydroxyl groups is 1. The molecule has 2 N–H and O–H groups in total. The highest BCUT2D eigenvalue weighted by Gasteiger charge is 2.29. The molecule has 1 aromatic heterocycles. The lowest BCUT2D eigenvalue weighted by atomic mass is 9.91. The SMILES string of the molecule is CN(C(=O)Cc1ccn[nH]1)C1CCCCC1O. The Kier molecular flexibility index (Phi) is 3.78. The van der Waals surface area contributed by atoms with Crippen molar-refractivity contribution >= 4 is 5.91 Å². The average molecular weight is 237 g/mol. The number of hydrogen-bond acceptors (Lipinski definition) is 3. The molecule has 0 radical (unpaired) electrons. The van der Waals surface area contributed by atoms with Gasteiger partial charge < -0.3 is 10.0 Å². The van der Waals surface area contributed by atoms with Crippen LogP contribution in [0.1, 0.15) is 31.4 Å². The van der Waals surface area contributed by atoms with Gasteiger partial charge in [0.25, 0.3) is 0 Å². The van der Waals surface area contributed by atoms with Gasteiger partial charge in [0.05, 0.1) is 18.6 Å². The number of hydrogen-bond donors (Lipinski definition) is 2. The van der Waals surface area contributed by atoms with Crippen LogP contribution >= 0.6 is 0 Å². The molecule has 0 aromatic carbocycles. The van der Waals surface area contributed by atoms with Crippen molar-refractivity contribution in [2.75, 3.05) is 7.05 Å². The van der Waals surface area contributed by atoms with Crippen LogP contribution in [0.2, 0.25) is 0 Å². The monoisotopic (exact) mass is 237 g/mol. The maximum Gasteiger partial charge on any atom is 0.228 e. The predicted molar refractivity (Wildman–Crippen MR) is 63.3 cm³/mol. The van der Waals surface area contributed by atoms with Crippen LogP contribution in [0.4, 0.5) is 0 Å². The van der Waals surface area contributed by atoms with Crippen LogP contribution in [-0.4, -0.2) is 45.3 Å². The first kappa shape index (κ1) is 12.1. The topological polar surface area (TPSA) is 69.2 Å². The molecule has 2 rings (SSSR count). The summed E-state index contributed by atoms with van der Waals surface area (Å²) in [5.74, 6) is 0.0280. The molecule has 0 spiro atoms. The number of aromatic nitrogens is 2. The molecule has 0 aliphatic heterocycles. The zero-order valence-corrected chi connectivity index (χ0v) is 10.1. The van der Waals surface area contributed by atoms with Crippen LogP contribution in [-0.2, 0) is 11.2 Å². The van der Waals surface area contributed by atoms with E-state index in [2.05, 4.69) is 10.2 Å². The highest BCUT2D eigenvalue weighted by atomic mass is 16.3. The van der Waals surface area contributed by atoms with E-state index < -0.39 is 0 Å². The van der Waals surface area contributed by atoms with E-state index in [0.717, 1.165) is 31.4 Å². The maximum absolute atomic E-state index is 12.0. The third-order valence-electron chi connectivity index (χ3n) is 3.48. The van der Waals surface area contributed by atoms with Crippen LogP contribution in [0.15, 0.2) is 12.3 Å². The Bertz CT molecular complexity index is 364. The molecule has 94 valence electrons. The summed E-state index contributed by atoms with van der Waals surface area (Å²) in [6.45, 7) is 0. The zero-order chi connectivity index (χ0) is 12.3. The molecule has 1 amide bonds. The van der Waals surface area contributed by atoms with Crippen LogP contribution in [0.5, 0.6) is 0 Å². The summed E-state index contributed by atoms with van der Waals surface area (Å²) < 4.78 is 0. The predicted octanol–water partition coefficient (Wildman–Crippen LogP) is 0.714. The summed E-state index contributed by atoms with van der Waals surface area (Å²) in [4.78, 5) is 13.7. The Labute approximate surface area is 101 Å². The third-order valence-corrected chi connectivity index (χ3v) is 3.48. The Balaban J connectivity index is 1.94. The van der Waals surface area contributed by atoms with Crippen molar-refractivity contribution in [3.63, 3.8) is 0 Å². The van der Waals surface area contributed by atoms with E-state index >= 15 is 0 Å². The molecule has 2 unspecified atom stereocenters. The Morgan fingerprint density at radius 2 is 2.35 bits per heavy atom. The smallest absolute Gasteiger partial charge is 0.228 e. The molecule has 1 aromatic rings. The summed E-state index contributed by atoms with van der Waals surface area (Å²) in [6, 6.07) is 1.77. The number of nitrogens with zero attached hydrogens (tertiary/aromatic N) is 2. The van der Waals surface area contributed by atoms with Gasteiger partial charge >= 0.3 is 0 Å². The molecule has 17 heavy (non-hydrogen) atoms. The molecule has 0 bridgehead atoms. The number of aromatic amines is 1. The quantitative estimate of drug-likeness (QED) is 0.813. The van der Waals surface area contributed by atoms with E-state index in [-0.39, 0.29) is 18.1 Å². The number of carbonyl (C=O) groups is 1. The van der Waals surface area contributed by atoms with Crippen LogP contribution in [0, 0.1) is 0 Å². The Hall–Kier alpha value is -1.36. The fourth-order valence-corrected chi connectivity index (χ4v) is 2.40. The minimum atomic E-state index is -0.375. The molecule has 1 fully saturated rings. The Morgan fingerprint density at radius 3 is 3.00 bits per heavy atom. The summed E-state index contributed by atoms with van der Waals surface area (Å²) in [7, 11) is 1.78. The first-order chi connectivity index (χ1) is 8.18. The van der Waals surface area contributed by atoms with Crippen molar-refractivity contribution in [2.45, 2.75) is 44.2 Å². The number of carbonyl (C=O) groups excluding carboxylic acids is 1. The van der Waals surface area contributed by atoms with Crippen molar-refractivity contribution in [1.82, 2.24) is 15.1 Å². The minimum Gasteiger partial charge on any atom is -0.391 e. The number of H-pyrrole nitrogens is 1. The first-order valence-corrected chi connectivity index (χ1v) is 6.10. The lowest BCUT2D eigenvalue weighted by molar-refractivity contribution is -0.134. The van der Waals surface area contributed by atoms with Gasteiger partial charge in [-0.15, -0.1) is 0 Å². The number of nitrogens with one attached hydrogen (secondary N) is 1. The highest BCUT2D eigenvalue weighted by molar-refractivity contribution is 5.78. The van der Waals surface area contributed by atoms with Gasteiger partial charge in [0.1, 0.15) is 0 Å². The van der Waals surface area contributed by atoms with Crippen molar-refractivity contribution < 1.29 is 9.90 Å². The van der Waals surface area contributed by atoms with Crippen molar-refractivity contribution in [1.29, 1.82) is 0 Å². The van der Waals surface area contributed by atoms with E-state index in [1.54, 1.807) is 24.2 Å². The largest absolute Gasteiger partial charge is 0.391 e. The van der Waals surface area contributed by atoms with Crippen molar-refractivity contribution in [2.24, 2.45) is 0 Å². The fraction of sp³-hybridized carbons (Fsp3) is 0.667. The molecule has 5 heteroatoms. The average Bonchev–Trinajstić information content (AvgIpc) is 2.81. The van der Waals surface area contributed by atoms with E-state index in [1.807, 2.05) is 0 Å². The zero-order valence-electron chi connectivity index (χ0n) is 10.1. The van der Waals surface area contributed by atoms with Gasteiger partial charge in [0.2, 0.25) is 5.91 Å². The second-order valence-electron chi connectivity index (χ2n) is 4.68. The molecule has 1 heterocycles. The van der Waals surface area contributed by atoms with Gasteiger partial charge in [0.15, 0.2) is 0 Å². The van der Waals surface area contributed by atoms with E-state index in [0.29, 0.717) is 6.42 Å². The fourth-order valence-electron chi connectivity index (χ4n) is 2.40. The van der Waals surface area contributed by atoms with Gasteiger partial charge in [-0.1, -0.05) is 12.8 Å². The number of rotatable bonds is 3. The highest BCUT2D eigenvalue weighted by Crippen LogP contribution is 2.22. The molecule has 2 atom stereocenters. The lowest BCUT2D eigenvalue weighted by Gasteiger charge is -2.35. The molecular formula is C12H19N3O2. The third kappa shape index (κ3) is 2.85. The van der Waals surface area contributed by atoms with Crippen LogP contribution in [0.3, 0.4) is 0 Å². The van der Waals surface area contributed by atoms with Gasteiger partial charge in [-0.2, -0.15) is 5.10 Å². The van der Waals surface area contributed by atoms with Crippen molar-refractivity contribution in [3.8, 4) is 0 Å². The number of amides is 1. The van der Waals surface area contributed by atoms with E-state index in [1.165, 1.54) is 0 Å². The van der Waals surface area contributed by atoms with Crippen LogP contribution < -0.4 is 0 Å². The second-order valence-corrected chi connectivity index (χ2v) is 4.68. The van der Waals surface area contributed by atoms with Gasteiger partial charge in [-0.3, -0.25) is 9.89 Å². The number of likely N-dealkylation sites (N-methyl/N-ethyl adjacent to an activating group) is 1. The van der Waals surface area contributed by atoms with Crippen molar-refractivity contribution in [3.05, 3.63) is 18.0 Å². The van der Waals surface area contributed by atoms with E-state index in [9.17, 15) is 9.90 Å². The van der Waals surface area contributed by atoms with Gasteiger partial charge in [-0.25, -0.2) is 0 Å². The summed E-state index contributed by atoms with van der Waals surface area (Å²) in [5, 5.41) is 16.5. The second kappa shape index (κ2) is 5.31. The summed E-state index contributed by atoms with van der Waals surface area (Å²) in [6.07, 6.45) is 5.42. The Morgan fingerprint density at radius 1 is 1.59 bits per heavy atom. The standard InChI is InChI=1S/C12H19N3O2/c1-15(10-4-2-3-5-11(10)16)12(17)8-9-6-7-13-14-9/h6-7,10-11,16H,2-5,8H2,1H3,(H,13,14). The normalized spacial score (nSPS) is 24.6. The molecular weight excluding hydrogens is 218 g/mol. The number of aliphatic hydroxyl groups excluding tert-OH is 1. The van der Waals surface area contributed by atoms with Gasteiger partial charge in [0, 0.05) is 18.9 Å².